The Morgan fingerprint density at radius 3 is 2.58 bits per heavy atom. The average Bonchev–Trinajstić information content (AvgIpc) is 2.83. The molecule has 0 aliphatic carbocycles. The molecule has 0 atom stereocenters. The van der Waals surface area contributed by atoms with E-state index in [0.29, 0.717) is 23.9 Å². The fourth-order valence-corrected chi connectivity index (χ4v) is 2.63. The van der Waals surface area contributed by atoms with Crippen molar-refractivity contribution in [2.75, 3.05) is 24.3 Å². The predicted octanol–water partition coefficient (Wildman–Crippen LogP) is 3.24. The van der Waals surface area contributed by atoms with Crippen LogP contribution in [0.5, 0.6) is 5.75 Å². The molecule has 102 valence electrons. The number of hydrogen-bond donors (Lipinski definition) is 2. The zero-order valence-electron chi connectivity index (χ0n) is 10.7. The number of methoxy groups -OCH3 is 1. The number of hydrogen-bond acceptors (Lipinski definition) is 6. The van der Waals surface area contributed by atoms with Gasteiger partial charge < -0.3 is 15.4 Å². The molecule has 0 radical (unpaired) electrons. The van der Waals surface area contributed by atoms with Crippen LogP contribution < -0.4 is 15.4 Å². The normalized spacial score (nSPS) is 10.3. The molecule has 2 aromatic heterocycles. The van der Waals surface area contributed by atoms with Gasteiger partial charge in [-0.2, -0.15) is 0 Å². The second kappa shape index (κ2) is 6.58. The maximum atomic E-state index is 5.90. The smallest absolute Gasteiger partial charge is 0.204 e. The molecule has 0 saturated heterocycles. The third kappa shape index (κ3) is 3.48. The number of nitrogens with zero attached hydrogens (tertiary/aromatic N) is 2. The number of ether oxygens (including phenoxy) is 1. The highest BCUT2D eigenvalue weighted by Gasteiger charge is 2.11. The van der Waals surface area contributed by atoms with Crippen LogP contribution in [0.3, 0.4) is 0 Å². The average molecular weight is 299 g/mol. The summed E-state index contributed by atoms with van der Waals surface area (Å²) < 4.78 is 6.13. The third-order valence-electron chi connectivity index (χ3n) is 2.41. The van der Waals surface area contributed by atoms with E-state index in [-0.39, 0.29) is 0 Å². The summed E-state index contributed by atoms with van der Waals surface area (Å²) in [6.07, 6.45) is 1.50. The topological polar surface area (TPSA) is 59.1 Å². The van der Waals surface area contributed by atoms with E-state index in [4.69, 9.17) is 16.3 Å². The van der Waals surface area contributed by atoms with Crippen LogP contribution in [0.1, 0.15) is 11.8 Å². The van der Waals surface area contributed by atoms with Crippen molar-refractivity contribution in [1.82, 2.24) is 9.97 Å². The lowest BCUT2D eigenvalue weighted by molar-refractivity contribution is 0.414. The van der Waals surface area contributed by atoms with Gasteiger partial charge in [-0.1, -0.05) is 11.6 Å². The van der Waals surface area contributed by atoms with Crippen molar-refractivity contribution in [2.24, 2.45) is 0 Å². The highest BCUT2D eigenvalue weighted by molar-refractivity contribution is 7.16. The van der Waals surface area contributed by atoms with Gasteiger partial charge in [-0.25, -0.2) is 9.97 Å². The van der Waals surface area contributed by atoms with Gasteiger partial charge in [0.2, 0.25) is 5.75 Å². The summed E-state index contributed by atoms with van der Waals surface area (Å²) in [6, 6.07) is 3.86. The van der Waals surface area contributed by atoms with Crippen LogP contribution in [-0.2, 0) is 6.54 Å². The Morgan fingerprint density at radius 2 is 2.00 bits per heavy atom. The molecule has 0 spiro atoms. The van der Waals surface area contributed by atoms with Gasteiger partial charge in [-0.3, -0.25) is 0 Å². The third-order valence-corrected chi connectivity index (χ3v) is 3.64. The molecule has 2 N–H and O–H groups in total. The lowest BCUT2D eigenvalue weighted by atomic mass is 10.4. The highest BCUT2D eigenvalue weighted by Crippen LogP contribution is 2.30. The van der Waals surface area contributed by atoms with E-state index in [9.17, 15) is 0 Å². The van der Waals surface area contributed by atoms with Crippen LogP contribution in [0.2, 0.25) is 4.34 Å². The first-order chi connectivity index (χ1) is 9.24. The summed E-state index contributed by atoms with van der Waals surface area (Å²) in [7, 11) is 1.60. The van der Waals surface area contributed by atoms with E-state index in [1.54, 1.807) is 7.11 Å². The highest BCUT2D eigenvalue weighted by atomic mass is 35.5. The maximum Gasteiger partial charge on any atom is 0.204 e. The molecule has 2 heterocycles. The molecule has 0 fully saturated rings. The van der Waals surface area contributed by atoms with Crippen LogP contribution >= 0.6 is 22.9 Å². The monoisotopic (exact) mass is 298 g/mol. The Kier molecular flexibility index (Phi) is 4.81. The van der Waals surface area contributed by atoms with Gasteiger partial charge in [0.25, 0.3) is 0 Å². The minimum absolute atomic E-state index is 0.618. The predicted molar refractivity (Wildman–Crippen MR) is 79.4 cm³/mol. The molecule has 0 unspecified atom stereocenters. The molecular formula is C12H15ClN4OS. The van der Waals surface area contributed by atoms with Crippen LogP contribution in [0.15, 0.2) is 18.5 Å². The summed E-state index contributed by atoms with van der Waals surface area (Å²) >= 11 is 7.44. The van der Waals surface area contributed by atoms with Crippen LogP contribution in [-0.4, -0.2) is 23.6 Å². The number of thiophene rings is 1. The van der Waals surface area contributed by atoms with E-state index in [1.807, 2.05) is 19.1 Å². The van der Waals surface area contributed by atoms with Crippen LogP contribution in [0.4, 0.5) is 11.6 Å². The lowest BCUT2D eigenvalue weighted by Crippen LogP contribution is -2.07. The fraction of sp³-hybridized carbons (Fsp3) is 0.333. The summed E-state index contributed by atoms with van der Waals surface area (Å²) in [5.74, 6) is 1.97. The SMILES string of the molecule is CCNc1ncnc(NCc2ccc(Cl)s2)c1OC. The van der Waals surface area contributed by atoms with Gasteiger partial charge in [0, 0.05) is 11.4 Å². The Hall–Kier alpha value is -1.53. The van der Waals surface area contributed by atoms with Crippen molar-refractivity contribution < 1.29 is 4.74 Å². The summed E-state index contributed by atoms with van der Waals surface area (Å²) in [5, 5.41) is 6.36. The van der Waals surface area contributed by atoms with Crippen molar-refractivity contribution in [2.45, 2.75) is 13.5 Å². The molecule has 0 amide bonds. The summed E-state index contributed by atoms with van der Waals surface area (Å²) in [4.78, 5) is 9.49. The first-order valence-electron chi connectivity index (χ1n) is 5.85. The molecule has 5 nitrogen and oxygen atoms in total. The Labute approximate surface area is 121 Å². The Balaban J connectivity index is 2.13. The van der Waals surface area contributed by atoms with E-state index in [0.717, 1.165) is 15.8 Å². The first-order valence-corrected chi connectivity index (χ1v) is 7.05. The standard InChI is InChI=1S/C12H15ClN4OS/c1-3-14-11-10(18-2)12(17-7-16-11)15-6-8-4-5-9(13)19-8/h4-5,7H,3,6H2,1-2H3,(H2,14,15,16,17). The number of halogens is 1. The van der Waals surface area contributed by atoms with Crippen LogP contribution in [0, 0.1) is 0 Å². The van der Waals surface area contributed by atoms with Crippen molar-refractivity contribution in [1.29, 1.82) is 0 Å². The molecule has 7 heteroatoms. The molecule has 0 aliphatic rings. The van der Waals surface area contributed by atoms with Crippen molar-refractivity contribution in [3.8, 4) is 5.75 Å². The van der Waals surface area contributed by atoms with E-state index >= 15 is 0 Å². The first kappa shape index (κ1) is 13.9. The van der Waals surface area contributed by atoms with Gasteiger partial charge in [0.1, 0.15) is 6.33 Å². The van der Waals surface area contributed by atoms with E-state index < -0.39 is 0 Å². The van der Waals surface area contributed by atoms with Gasteiger partial charge in [-0.15, -0.1) is 11.3 Å². The summed E-state index contributed by atoms with van der Waals surface area (Å²) in [5.41, 5.74) is 0. The molecular weight excluding hydrogens is 284 g/mol. The molecule has 0 aliphatic heterocycles. The number of aromatic nitrogens is 2. The van der Waals surface area contributed by atoms with Crippen LogP contribution in [0.25, 0.3) is 0 Å². The van der Waals surface area contributed by atoms with Crippen molar-refractivity contribution in [3.05, 3.63) is 27.7 Å². The zero-order chi connectivity index (χ0) is 13.7. The molecule has 0 aromatic carbocycles. The Bertz CT molecular complexity index is 546. The van der Waals surface area contributed by atoms with E-state index in [2.05, 4.69) is 20.6 Å². The van der Waals surface area contributed by atoms with Gasteiger partial charge in [0.05, 0.1) is 18.0 Å². The molecule has 19 heavy (non-hydrogen) atoms. The second-order valence-corrected chi connectivity index (χ2v) is 5.49. The number of anilines is 2. The van der Waals surface area contributed by atoms with Gasteiger partial charge in [-0.05, 0) is 19.1 Å². The summed E-state index contributed by atoms with van der Waals surface area (Å²) in [6.45, 7) is 3.42. The quantitative estimate of drug-likeness (QED) is 0.857. The lowest BCUT2D eigenvalue weighted by Gasteiger charge is -2.12. The zero-order valence-corrected chi connectivity index (χ0v) is 12.3. The van der Waals surface area contributed by atoms with Crippen molar-refractivity contribution >= 4 is 34.6 Å². The Morgan fingerprint density at radius 1 is 1.26 bits per heavy atom. The molecule has 0 saturated carbocycles. The largest absolute Gasteiger partial charge is 0.490 e. The number of rotatable bonds is 6. The van der Waals surface area contributed by atoms with E-state index in [1.165, 1.54) is 17.7 Å². The maximum absolute atomic E-state index is 5.90. The molecule has 0 bridgehead atoms. The van der Waals surface area contributed by atoms with Crippen molar-refractivity contribution in [3.63, 3.8) is 0 Å². The minimum atomic E-state index is 0.618. The minimum Gasteiger partial charge on any atom is -0.490 e. The fourth-order valence-electron chi connectivity index (χ4n) is 1.60. The number of nitrogens with one attached hydrogen (secondary N) is 2. The molecule has 2 aromatic rings. The molecule has 2 rings (SSSR count). The second-order valence-electron chi connectivity index (χ2n) is 3.69. The van der Waals surface area contributed by atoms with Gasteiger partial charge >= 0.3 is 0 Å². The van der Waals surface area contributed by atoms with Gasteiger partial charge in [0.15, 0.2) is 11.6 Å².